The molecule has 0 aliphatic carbocycles. The third-order valence-electron chi connectivity index (χ3n) is 7.53. The van der Waals surface area contributed by atoms with E-state index in [9.17, 15) is 19.5 Å². The Kier molecular flexibility index (Phi) is 24.1. The summed E-state index contributed by atoms with van der Waals surface area (Å²) in [6.07, 6.45) is 26.8. The normalized spacial score (nSPS) is 11.8. The van der Waals surface area contributed by atoms with Crippen molar-refractivity contribution in [2.75, 3.05) is 26.2 Å². The zero-order chi connectivity index (χ0) is 28.3. The second kappa shape index (κ2) is 25.4. The molecule has 0 aliphatic rings. The average molecular weight is 540 g/mol. The molecule has 0 spiro atoms. The summed E-state index contributed by atoms with van der Waals surface area (Å²) < 4.78 is 0.214. The van der Waals surface area contributed by atoms with Gasteiger partial charge in [-0.3, -0.25) is 9.59 Å². The van der Waals surface area contributed by atoms with E-state index in [0.29, 0.717) is 6.54 Å². The van der Waals surface area contributed by atoms with Gasteiger partial charge in [-0.15, -0.1) is 0 Å². The number of allylic oxidation sites excluding steroid dienone is 2. The molecule has 0 aromatic heterocycles. The standard InChI is InChI=1S/C31H57NO6/c1-2-3-4-5-6-7-8-9-10-11-12-13-14-15-16-17-18-19-20-21-25-32(26-22-29(33)34,27-23-30(35)36)28-24-31(37)38/h15-16H,2-14,17-28H2,1H3,(H2-,33,34,35,36,37,38)/b16-15+. The van der Waals surface area contributed by atoms with Crippen LogP contribution >= 0.6 is 0 Å². The number of rotatable bonds is 29. The zero-order valence-electron chi connectivity index (χ0n) is 24.3. The largest absolute Gasteiger partial charge is 0.550 e. The van der Waals surface area contributed by atoms with Crippen LogP contribution in [0.4, 0.5) is 0 Å². The molecule has 7 heteroatoms. The fourth-order valence-electron chi connectivity index (χ4n) is 5.07. The molecule has 0 fully saturated rings. The molecule has 2 N–H and O–H groups in total. The Bertz CT molecular complexity index is 588. The Hall–Kier alpha value is -1.89. The van der Waals surface area contributed by atoms with E-state index in [2.05, 4.69) is 19.1 Å². The lowest BCUT2D eigenvalue weighted by Gasteiger charge is -2.38. The molecule has 38 heavy (non-hydrogen) atoms. The minimum Gasteiger partial charge on any atom is -0.550 e. The molecule has 0 unspecified atom stereocenters. The Morgan fingerprint density at radius 1 is 0.553 bits per heavy atom. The second-order valence-electron chi connectivity index (χ2n) is 11.0. The molecular formula is C31H57NO6. The molecule has 0 aromatic rings. The molecule has 0 rings (SSSR count). The third kappa shape index (κ3) is 24.4. The van der Waals surface area contributed by atoms with Gasteiger partial charge in [0, 0.05) is 12.4 Å². The van der Waals surface area contributed by atoms with Crippen molar-refractivity contribution in [3.8, 4) is 0 Å². The van der Waals surface area contributed by atoms with E-state index in [-0.39, 0.29) is 43.4 Å². The number of hydrogen-bond donors (Lipinski definition) is 2. The van der Waals surface area contributed by atoms with Crippen LogP contribution in [0.3, 0.4) is 0 Å². The number of carboxylic acid groups (broad SMARTS) is 3. The lowest BCUT2D eigenvalue weighted by atomic mass is 10.0. The van der Waals surface area contributed by atoms with Crippen LogP contribution in [-0.2, 0) is 14.4 Å². The summed E-state index contributed by atoms with van der Waals surface area (Å²) in [5.41, 5.74) is 0. The van der Waals surface area contributed by atoms with Gasteiger partial charge in [0.2, 0.25) is 0 Å². The lowest BCUT2D eigenvalue weighted by Crippen LogP contribution is -2.53. The van der Waals surface area contributed by atoms with Crippen LogP contribution in [0.25, 0.3) is 0 Å². The number of carboxylic acids is 3. The van der Waals surface area contributed by atoms with E-state index < -0.39 is 17.9 Å². The van der Waals surface area contributed by atoms with Crippen LogP contribution in [0.5, 0.6) is 0 Å². The molecule has 0 atom stereocenters. The molecule has 222 valence electrons. The molecule has 0 saturated carbocycles. The van der Waals surface area contributed by atoms with Crippen LogP contribution in [0.15, 0.2) is 12.2 Å². The SMILES string of the molecule is CCCCCCCCCCCCCC/C=C/CCCCCC[N+](CCC(=O)[O-])(CCC(=O)O)CCC(=O)O. The number of nitrogens with zero attached hydrogens (tertiary/aromatic N) is 1. The van der Waals surface area contributed by atoms with Gasteiger partial charge in [-0.05, 0) is 38.5 Å². The Labute approximate surface area is 232 Å². The van der Waals surface area contributed by atoms with Gasteiger partial charge < -0.3 is 24.6 Å². The molecule has 7 nitrogen and oxygen atoms in total. The maximum absolute atomic E-state index is 11.1. The first-order chi connectivity index (χ1) is 18.3. The van der Waals surface area contributed by atoms with Gasteiger partial charge in [-0.25, -0.2) is 0 Å². The minimum atomic E-state index is -1.19. The van der Waals surface area contributed by atoms with Gasteiger partial charge in [-0.1, -0.05) is 96.1 Å². The van der Waals surface area contributed by atoms with E-state index in [0.717, 1.165) is 38.5 Å². The first-order valence-corrected chi connectivity index (χ1v) is 15.4. The summed E-state index contributed by atoms with van der Waals surface area (Å²) in [6.45, 7) is 3.57. The third-order valence-corrected chi connectivity index (χ3v) is 7.53. The number of aliphatic carboxylic acids is 3. The topological polar surface area (TPSA) is 115 Å². The average Bonchev–Trinajstić information content (AvgIpc) is 2.88. The number of quaternary nitrogens is 1. The van der Waals surface area contributed by atoms with Gasteiger partial charge in [-0.2, -0.15) is 0 Å². The van der Waals surface area contributed by atoms with Gasteiger partial charge in [0.15, 0.2) is 0 Å². The van der Waals surface area contributed by atoms with Crippen molar-refractivity contribution >= 4 is 17.9 Å². The quantitative estimate of drug-likeness (QED) is 0.0638. The van der Waals surface area contributed by atoms with Crippen molar-refractivity contribution in [1.82, 2.24) is 0 Å². The molecule has 0 heterocycles. The van der Waals surface area contributed by atoms with E-state index in [1.165, 1.54) is 77.0 Å². The highest BCUT2D eigenvalue weighted by atomic mass is 16.4. The summed E-state index contributed by atoms with van der Waals surface area (Å²) >= 11 is 0. The Balaban J connectivity index is 3.95. The highest BCUT2D eigenvalue weighted by Crippen LogP contribution is 2.16. The summed E-state index contributed by atoms with van der Waals surface area (Å²) in [5.74, 6) is -3.09. The maximum atomic E-state index is 11.1. The van der Waals surface area contributed by atoms with Gasteiger partial charge in [0.1, 0.15) is 0 Å². The predicted molar refractivity (Wildman–Crippen MR) is 152 cm³/mol. The smallest absolute Gasteiger partial charge is 0.309 e. The first-order valence-electron chi connectivity index (χ1n) is 15.4. The number of carbonyl (C=O) groups is 3. The molecule has 0 radical (unpaired) electrons. The van der Waals surface area contributed by atoms with Crippen molar-refractivity contribution in [3.05, 3.63) is 12.2 Å². The van der Waals surface area contributed by atoms with Gasteiger partial charge in [0.05, 0.1) is 39.0 Å². The van der Waals surface area contributed by atoms with Crippen molar-refractivity contribution in [1.29, 1.82) is 0 Å². The summed E-state index contributed by atoms with van der Waals surface area (Å²) in [4.78, 5) is 33.3. The van der Waals surface area contributed by atoms with Crippen LogP contribution < -0.4 is 5.11 Å². The Morgan fingerprint density at radius 2 is 0.921 bits per heavy atom. The molecule has 0 bridgehead atoms. The number of unbranched alkanes of at least 4 members (excludes halogenated alkanes) is 16. The van der Waals surface area contributed by atoms with Crippen molar-refractivity contribution in [2.45, 2.75) is 142 Å². The van der Waals surface area contributed by atoms with E-state index in [1.54, 1.807) is 0 Å². The van der Waals surface area contributed by atoms with Crippen LogP contribution in [0, 0.1) is 0 Å². The minimum absolute atomic E-state index is 0.101. The van der Waals surface area contributed by atoms with Crippen LogP contribution in [-0.4, -0.2) is 58.8 Å². The molecule has 0 amide bonds. The summed E-state index contributed by atoms with van der Waals surface area (Å²) in [6, 6.07) is 0. The van der Waals surface area contributed by atoms with Crippen LogP contribution in [0.1, 0.15) is 142 Å². The van der Waals surface area contributed by atoms with E-state index >= 15 is 0 Å². The predicted octanol–water partition coefficient (Wildman–Crippen LogP) is 6.49. The lowest BCUT2D eigenvalue weighted by molar-refractivity contribution is -0.927. The highest BCUT2D eigenvalue weighted by Gasteiger charge is 2.28. The van der Waals surface area contributed by atoms with Gasteiger partial charge in [0.25, 0.3) is 0 Å². The molecular weight excluding hydrogens is 482 g/mol. The summed E-state index contributed by atoms with van der Waals surface area (Å²) in [7, 11) is 0. The van der Waals surface area contributed by atoms with E-state index in [4.69, 9.17) is 10.2 Å². The Morgan fingerprint density at radius 3 is 1.32 bits per heavy atom. The maximum Gasteiger partial charge on any atom is 0.309 e. The highest BCUT2D eigenvalue weighted by molar-refractivity contribution is 5.67. The molecule has 0 aliphatic heterocycles. The fraction of sp³-hybridized carbons (Fsp3) is 0.839. The zero-order valence-corrected chi connectivity index (χ0v) is 24.3. The van der Waals surface area contributed by atoms with Crippen LogP contribution in [0.2, 0.25) is 0 Å². The monoisotopic (exact) mass is 539 g/mol. The second-order valence-corrected chi connectivity index (χ2v) is 11.0. The van der Waals surface area contributed by atoms with Crippen molar-refractivity contribution < 1.29 is 34.2 Å². The van der Waals surface area contributed by atoms with E-state index in [1.807, 2.05) is 0 Å². The fourth-order valence-corrected chi connectivity index (χ4v) is 5.07. The van der Waals surface area contributed by atoms with Crippen molar-refractivity contribution in [3.63, 3.8) is 0 Å². The number of hydrogen-bond acceptors (Lipinski definition) is 4. The summed E-state index contributed by atoms with van der Waals surface area (Å²) in [5, 5.41) is 29.2. The molecule has 0 saturated heterocycles. The van der Waals surface area contributed by atoms with Crippen molar-refractivity contribution in [2.24, 2.45) is 0 Å². The molecule has 0 aromatic carbocycles. The first kappa shape index (κ1) is 36.1. The number of carbonyl (C=O) groups excluding carboxylic acids is 1. The van der Waals surface area contributed by atoms with Gasteiger partial charge >= 0.3 is 11.9 Å².